The lowest BCUT2D eigenvalue weighted by atomic mass is 9.93. The number of ether oxygens (including phenoxy) is 2. The number of carboxylic acid groups (broad SMARTS) is 1. The number of aliphatic hydroxyl groups excluding tert-OH is 1. The van der Waals surface area contributed by atoms with Gasteiger partial charge in [-0.25, -0.2) is 4.79 Å². The molecule has 0 amide bonds. The van der Waals surface area contributed by atoms with Gasteiger partial charge in [0, 0.05) is 36.9 Å². The number of hydrogen-bond acceptors (Lipinski definition) is 7. The summed E-state index contributed by atoms with van der Waals surface area (Å²) in [6.07, 6.45) is -0.432. The molecule has 0 aliphatic carbocycles. The highest BCUT2D eigenvalue weighted by molar-refractivity contribution is 5.91. The highest BCUT2D eigenvalue weighted by Gasteiger charge is 2.44. The number of benzene rings is 1. The summed E-state index contributed by atoms with van der Waals surface area (Å²) in [6.45, 7) is 0.318. The molecule has 27 heavy (non-hydrogen) atoms. The minimum Gasteiger partial charge on any atom is -0.493 e. The molecule has 9 nitrogen and oxygen atoms in total. The Morgan fingerprint density at radius 2 is 2.11 bits per heavy atom. The number of aromatic nitrogens is 1. The molecule has 1 aromatic heterocycles. The smallest absolute Gasteiger partial charge is 0.354 e. The number of carbonyl (C=O) groups excluding carboxylic acids is 1. The Hall–Kier alpha value is -2.91. The van der Waals surface area contributed by atoms with Crippen LogP contribution in [-0.4, -0.2) is 59.0 Å². The Morgan fingerprint density at radius 3 is 2.74 bits per heavy atom. The molecule has 0 radical (unpaired) electrons. The molecule has 4 N–H and O–H groups in total. The molecule has 0 bridgehead atoms. The number of pyridine rings is 1. The summed E-state index contributed by atoms with van der Waals surface area (Å²) in [7, 11) is 1.22. The van der Waals surface area contributed by atoms with Crippen LogP contribution in [0.4, 0.5) is 0 Å². The van der Waals surface area contributed by atoms with E-state index >= 15 is 0 Å². The van der Waals surface area contributed by atoms with Gasteiger partial charge >= 0.3 is 11.9 Å². The quantitative estimate of drug-likeness (QED) is 0.527. The number of esters is 1. The van der Waals surface area contributed by atoms with Gasteiger partial charge in [-0.05, 0) is 12.1 Å². The van der Waals surface area contributed by atoms with Gasteiger partial charge in [0.25, 0.3) is 0 Å². The van der Waals surface area contributed by atoms with E-state index < -0.39 is 23.6 Å². The first-order chi connectivity index (χ1) is 12.8. The van der Waals surface area contributed by atoms with Crippen molar-refractivity contribution in [1.82, 2.24) is 10.3 Å². The monoisotopic (exact) mass is 376 g/mol. The number of hydrogen-bond donors (Lipinski definition) is 4. The molecule has 3 rings (SSSR count). The van der Waals surface area contributed by atoms with Gasteiger partial charge in [-0.3, -0.25) is 14.9 Å². The first kappa shape index (κ1) is 18.9. The maximum absolute atomic E-state index is 12.1. The van der Waals surface area contributed by atoms with E-state index in [2.05, 4.69) is 15.0 Å². The van der Waals surface area contributed by atoms with Gasteiger partial charge in [0.15, 0.2) is 5.43 Å². The van der Waals surface area contributed by atoms with Crippen LogP contribution in [-0.2, 0) is 9.53 Å². The number of β-amino-alcohol motifs (C(OH)–C–C–N with tert-alkyl or cyclic N) is 1. The molecule has 2 heterocycles. The number of nitrogens with one attached hydrogen (secondary N) is 2. The van der Waals surface area contributed by atoms with Crippen molar-refractivity contribution in [2.75, 3.05) is 20.3 Å². The molecule has 0 saturated carbocycles. The third-order valence-electron chi connectivity index (χ3n) is 4.67. The van der Waals surface area contributed by atoms with Crippen LogP contribution in [0, 0.1) is 0 Å². The second-order valence-corrected chi connectivity index (χ2v) is 6.47. The maximum atomic E-state index is 12.1. The Morgan fingerprint density at radius 1 is 1.33 bits per heavy atom. The molecule has 1 aliphatic heterocycles. The van der Waals surface area contributed by atoms with E-state index in [1.54, 1.807) is 18.2 Å². The molecule has 2 aromatic rings. The van der Waals surface area contributed by atoms with Gasteiger partial charge in [-0.1, -0.05) is 0 Å². The third kappa shape index (κ3) is 3.79. The number of rotatable bonds is 6. The second kappa shape index (κ2) is 7.37. The van der Waals surface area contributed by atoms with Gasteiger partial charge in [0.2, 0.25) is 0 Å². The van der Waals surface area contributed by atoms with Gasteiger partial charge in [0.1, 0.15) is 17.0 Å². The fourth-order valence-electron chi connectivity index (χ4n) is 3.20. The Labute approximate surface area is 153 Å². The van der Waals surface area contributed by atoms with E-state index in [1.165, 1.54) is 13.2 Å². The van der Waals surface area contributed by atoms with E-state index in [4.69, 9.17) is 4.74 Å². The van der Waals surface area contributed by atoms with Crippen molar-refractivity contribution in [2.45, 2.75) is 24.5 Å². The van der Waals surface area contributed by atoms with E-state index in [9.17, 15) is 24.6 Å². The standard InChI is InChI=1S/C18H20N2O7/c1-26-16(23)14-7-15(22)12-3-2-11(6-13(12)20-14)27-5-4-18(17(24)25)8-10(21)9-19-18/h2-3,6-7,10,19,21H,4-5,8-9H2,1H3,(H,20,22)(H,24,25). The van der Waals surface area contributed by atoms with Crippen LogP contribution in [0.3, 0.4) is 0 Å². The number of aliphatic carboxylic acids is 1. The van der Waals surface area contributed by atoms with Crippen LogP contribution in [0.15, 0.2) is 29.1 Å². The Bertz CT molecular complexity index is 939. The summed E-state index contributed by atoms with van der Waals surface area (Å²) in [6, 6.07) is 5.89. The highest BCUT2D eigenvalue weighted by atomic mass is 16.5. The molecule has 1 saturated heterocycles. The SMILES string of the molecule is COC(=O)c1cc(=O)c2ccc(OCCC3(C(=O)O)CC(O)CN3)cc2[nH]1. The summed E-state index contributed by atoms with van der Waals surface area (Å²) >= 11 is 0. The minimum absolute atomic E-state index is 0.0288. The zero-order valence-electron chi connectivity index (χ0n) is 14.7. The maximum Gasteiger partial charge on any atom is 0.354 e. The fraction of sp³-hybridized carbons (Fsp3) is 0.389. The minimum atomic E-state index is -1.22. The second-order valence-electron chi connectivity index (χ2n) is 6.47. The summed E-state index contributed by atoms with van der Waals surface area (Å²) in [5, 5.41) is 22.3. The topological polar surface area (TPSA) is 138 Å². The molecular weight excluding hydrogens is 356 g/mol. The zero-order valence-corrected chi connectivity index (χ0v) is 14.7. The van der Waals surface area contributed by atoms with Crippen molar-refractivity contribution in [1.29, 1.82) is 0 Å². The summed E-state index contributed by atoms with van der Waals surface area (Å²) in [4.78, 5) is 38.1. The van der Waals surface area contributed by atoms with Crippen molar-refractivity contribution in [2.24, 2.45) is 0 Å². The summed E-state index contributed by atoms with van der Waals surface area (Å²) in [5.41, 5.74) is -1.11. The van der Waals surface area contributed by atoms with Gasteiger partial charge in [-0.15, -0.1) is 0 Å². The van der Waals surface area contributed by atoms with Crippen molar-refractivity contribution >= 4 is 22.8 Å². The molecule has 2 atom stereocenters. The molecule has 9 heteroatoms. The van der Waals surface area contributed by atoms with Crippen LogP contribution in [0.2, 0.25) is 0 Å². The average molecular weight is 376 g/mol. The van der Waals surface area contributed by atoms with Crippen LogP contribution in [0.25, 0.3) is 10.9 Å². The predicted octanol–water partition coefficient (Wildman–Crippen LogP) is 0.261. The number of carbonyl (C=O) groups is 2. The summed E-state index contributed by atoms with van der Waals surface area (Å²) < 4.78 is 10.2. The lowest BCUT2D eigenvalue weighted by molar-refractivity contribution is -0.145. The number of carboxylic acids is 1. The van der Waals surface area contributed by atoms with E-state index in [-0.39, 0.29) is 37.1 Å². The van der Waals surface area contributed by atoms with Crippen molar-refractivity contribution in [3.05, 3.63) is 40.2 Å². The highest BCUT2D eigenvalue weighted by Crippen LogP contribution is 2.25. The largest absolute Gasteiger partial charge is 0.493 e. The molecule has 2 unspecified atom stereocenters. The molecule has 1 fully saturated rings. The number of aliphatic hydroxyl groups is 1. The molecule has 1 aromatic carbocycles. The number of fused-ring (bicyclic) bond motifs is 1. The summed E-state index contributed by atoms with van der Waals surface area (Å²) in [5.74, 6) is -1.28. The molecular formula is C18H20N2O7. The lowest BCUT2D eigenvalue weighted by Crippen LogP contribution is -2.48. The van der Waals surface area contributed by atoms with Gasteiger partial charge in [-0.2, -0.15) is 0 Å². The van der Waals surface area contributed by atoms with E-state index in [0.29, 0.717) is 16.7 Å². The molecule has 0 spiro atoms. The predicted molar refractivity (Wildman–Crippen MR) is 95.0 cm³/mol. The fourth-order valence-corrected chi connectivity index (χ4v) is 3.20. The van der Waals surface area contributed by atoms with Gasteiger partial charge < -0.3 is 24.7 Å². The van der Waals surface area contributed by atoms with E-state index in [0.717, 1.165) is 0 Å². The third-order valence-corrected chi connectivity index (χ3v) is 4.67. The average Bonchev–Trinajstić information content (AvgIpc) is 3.03. The van der Waals surface area contributed by atoms with Gasteiger partial charge in [0.05, 0.1) is 25.3 Å². The van der Waals surface area contributed by atoms with Crippen LogP contribution in [0.1, 0.15) is 23.3 Å². The van der Waals surface area contributed by atoms with Crippen LogP contribution >= 0.6 is 0 Å². The Kier molecular flexibility index (Phi) is 5.15. The van der Waals surface area contributed by atoms with Crippen molar-refractivity contribution < 1.29 is 29.3 Å². The molecule has 1 aliphatic rings. The lowest BCUT2D eigenvalue weighted by Gasteiger charge is -2.24. The van der Waals surface area contributed by atoms with Crippen molar-refractivity contribution in [3.8, 4) is 5.75 Å². The van der Waals surface area contributed by atoms with E-state index in [1.807, 2.05) is 0 Å². The number of methoxy groups -OCH3 is 1. The van der Waals surface area contributed by atoms with Crippen LogP contribution < -0.4 is 15.5 Å². The number of H-pyrrole nitrogens is 1. The van der Waals surface area contributed by atoms with Crippen molar-refractivity contribution in [3.63, 3.8) is 0 Å². The first-order valence-corrected chi connectivity index (χ1v) is 8.39. The first-order valence-electron chi connectivity index (χ1n) is 8.39. The zero-order chi connectivity index (χ0) is 19.6. The Balaban J connectivity index is 1.76. The number of aromatic amines is 1. The normalized spacial score (nSPS) is 21.9. The van der Waals surface area contributed by atoms with Crippen LogP contribution in [0.5, 0.6) is 5.75 Å². The molecule has 144 valence electrons.